The van der Waals surface area contributed by atoms with E-state index < -0.39 is 0 Å². The van der Waals surface area contributed by atoms with Gasteiger partial charge in [0.2, 0.25) is 0 Å². The summed E-state index contributed by atoms with van der Waals surface area (Å²) in [4.78, 5) is 0. The van der Waals surface area contributed by atoms with E-state index in [1.807, 2.05) is 12.2 Å². The fourth-order valence-electron chi connectivity index (χ4n) is 3.02. The van der Waals surface area contributed by atoms with E-state index in [2.05, 4.69) is 51.1 Å². The molecule has 22 heavy (non-hydrogen) atoms. The van der Waals surface area contributed by atoms with Crippen molar-refractivity contribution in [1.29, 1.82) is 0 Å². The molecule has 0 amide bonds. The van der Waals surface area contributed by atoms with Gasteiger partial charge in [-0.3, -0.25) is 0 Å². The third-order valence-electron chi connectivity index (χ3n) is 4.67. The van der Waals surface area contributed by atoms with Crippen LogP contribution in [0.25, 0.3) is 0 Å². The number of hydrogen-bond acceptors (Lipinski definition) is 1. The lowest BCUT2D eigenvalue weighted by molar-refractivity contribution is 0.353. The van der Waals surface area contributed by atoms with Crippen LogP contribution in [0.4, 0.5) is 0 Å². The highest BCUT2D eigenvalue weighted by atomic mass is 14.9. The van der Waals surface area contributed by atoms with Gasteiger partial charge in [0.05, 0.1) is 0 Å². The molecule has 1 aliphatic rings. The molecule has 1 fully saturated rings. The van der Waals surface area contributed by atoms with Gasteiger partial charge in [0.1, 0.15) is 0 Å². The van der Waals surface area contributed by atoms with Crippen molar-refractivity contribution in [2.75, 3.05) is 6.54 Å². The van der Waals surface area contributed by atoms with E-state index in [1.54, 1.807) is 0 Å². The quantitative estimate of drug-likeness (QED) is 0.423. The SMILES string of the molecule is C=C/C=C1/CNC(CCCCC=C)C(C/C=C(/C)CC)C1=C. The van der Waals surface area contributed by atoms with Crippen LogP contribution >= 0.6 is 0 Å². The molecule has 1 N–H and O–H groups in total. The minimum Gasteiger partial charge on any atom is -0.309 e. The van der Waals surface area contributed by atoms with Gasteiger partial charge in [0.15, 0.2) is 0 Å². The molecule has 0 bridgehead atoms. The molecule has 0 saturated carbocycles. The molecule has 1 saturated heterocycles. The molecule has 1 rings (SSSR count). The van der Waals surface area contributed by atoms with Crippen LogP contribution in [0.15, 0.2) is 60.8 Å². The number of rotatable bonds is 9. The van der Waals surface area contributed by atoms with E-state index in [0.717, 1.165) is 25.8 Å². The first kappa shape index (κ1) is 18.7. The maximum Gasteiger partial charge on any atom is 0.0210 e. The van der Waals surface area contributed by atoms with Crippen LogP contribution in [0.1, 0.15) is 52.4 Å². The van der Waals surface area contributed by atoms with Crippen molar-refractivity contribution in [2.45, 2.75) is 58.4 Å². The van der Waals surface area contributed by atoms with E-state index in [9.17, 15) is 0 Å². The van der Waals surface area contributed by atoms with E-state index >= 15 is 0 Å². The second-order valence-electron chi connectivity index (χ2n) is 6.26. The average Bonchev–Trinajstić information content (AvgIpc) is 2.53. The molecule has 1 heterocycles. The summed E-state index contributed by atoms with van der Waals surface area (Å²) in [5.41, 5.74) is 4.08. The Morgan fingerprint density at radius 1 is 1.32 bits per heavy atom. The minimum atomic E-state index is 0.505. The van der Waals surface area contributed by atoms with Gasteiger partial charge in [-0.25, -0.2) is 0 Å². The first-order valence-electron chi connectivity index (χ1n) is 8.64. The van der Waals surface area contributed by atoms with Gasteiger partial charge < -0.3 is 5.32 Å². The topological polar surface area (TPSA) is 12.0 Å². The Morgan fingerprint density at radius 2 is 2.09 bits per heavy atom. The van der Waals surface area contributed by atoms with Crippen LogP contribution in [-0.2, 0) is 0 Å². The molecular weight excluding hydrogens is 266 g/mol. The zero-order valence-electron chi connectivity index (χ0n) is 14.5. The molecule has 2 atom stereocenters. The smallest absolute Gasteiger partial charge is 0.0210 e. The van der Waals surface area contributed by atoms with Crippen molar-refractivity contribution in [3.8, 4) is 0 Å². The summed E-state index contributed by atoms with van der Waals surface area (Å²) in [6.45, 7) is 17.4. The molecule has 0 aromatic heterocycles. The van der Waals surface area contributed by atoms with Crippen molar-refractivity contribution in [2.24, 2.45) is 5.92 Å². The molecule has 1 nitrogen and oxygen atoms in total. The maximum atomic E-state index is 4.39. The number of piperidine rings is 1. The van der Waals surface area contributed by atoms with Gasteiger partial charge >= 0.3 is 0 Å². The van der Waals surface area contributed by atoms with Crippen LogP contribution in [0.3, 0.4) is 0 Å². The van der Waals surface area contributed by atoms with Crippen molar-refractivity contribution in [3.63, 3.8) is 0 Å². The summed E-state index contributed by atoms with van der Waals surface area (Å²) in [6.07, 6.45) is 15.4. The average molecular weight is 300 g/mol. The second-order valence-corrected chi connectivity index (χ2v) is 6.26. The summed E-state index contributed by atoms with van der Waals surface area (Å²) < 4.78 is 0. The van der Waals surface area contributed by atoms with E-state index in [4.69, 9.17) is 0 Å². The Morgan fingerprint density at radius 3 is 2.73 bits per heavy atom. The summed E-state index contributed by atoms with van der Waals surface area (Å²) in [5.74, 6) is 0.505. The van der Waals surface area contributed by atoms with Crippen LogP contribution in [0.2, 0.25) is 0 Å². The Bertz CT molecular complexity index is 439. The number of unbranched alkanes of at least 4 members (excludes halogenated alkanes) is 2. The summed E-state index contributed by atoms with van der Waals surface area (Å²) >= 11 is 0. The van der Waals surface area contributed by atoms with E-state index in [1.165, 1.54) is 36.0 Å². The van der Waals surface area contributed by atoms with Crippen LogP contribution in [0.5, 0.6) is 0 Å². The second kappa shape index (κ2) is 10.4. The Balaban J connectivity index is 2.75. The van der Waals surface area contributed by atoms with E-state index in [-0.39, 0.29) is 0 Å². The third-order valence-corrected chi connectivity index (χ3v) is 4.67. The summed E-state index contributed by atoms with van der Waals surface area (Å²) in [7, 11) is 0. The van der Waals surface area contributed by atoms with Gasteiger partial charge in [0.25, 0.3) is 0 Å². The lowest BCUT2D eigenvalue weighted by Gasteiger charge is -2.36. The third kappa shape index (κ3) is 5.81. The Labute approximate surface area is 137 Å². The summed E-state index contributed by atoms with van der Waals surface area (Å²) in [5, 5.41) is 3.72. The largest absolute Gasteiger partial charge is 0.309 e. The molecule has 0 aromatic carbocycles. The molecule has 1 heteroatoms. The van der Waals surface area contributed by atoms with Gasteiger partial charge in [-0.05, 0) is 50.2 Å². The maximum absolute atomic E-state index is 4.39. The van der Waals surface area contributed by atoms with Gasteiger partial charge in [-0.15, -0.1) is 6.58 Å². The fraction of sp³-hybridized carbons (Fsp3) is 0.524. The number of allylic oxidation sites excluding steroid dienone is 5. The zero-order valence-corrected chi connectivity index (χ0v) is 14.5. The lowest BCUT2D eigenvalue weighted by Crippen LogP contribution is -2.43. The normalized spacial score (nSPS) is 24.5. The first-order valence-corrected chi connectivity index (χ1v) is 8.64. The van der Waals surface area contributed by atoms with Crippen molar-refractivity contribution >= 4 is 0 Å². The van der Waals surface area contributed by atoms with Crippen molar-refractivity contribution in [1.82, 2.24) is 5.32 Å². The van der Waals surface area contributed by atoms with Crippen LogP contribution in [-0.4, -0.2) is 12.6 Å². The minimum absolute atomic E-state index is 0.505. The van der Waals surface area contributed by atoms with Gasteiger partial charge in [-0.2, -0.15) is 0 Å². The predicted octanol–water partition coefficient (Wildman–Crippen LogP) is 5.74. The standard InChI is InChI=1S/C21H33N/c1-6-9-10-11-13-21-20(15-14-17(4)8-3)18(5)19(12-7-2)16-22-21/h6-7,12,14,20-22H,1-2,5,8-11,13,15-16H2,3-4H3/b17-14-,19-12-. The zero-order chi connectivity index (χ0) is 16.4. The first-order chi connectivity index (χ1) is 10.6. The molecule has 122 valence electrons. The molecule has 0 aromatic rings. The summed E-state index contributed by atoms with van der Waals surface area (Å²) in [6, 6.07) is 0.542. The molecule has 0 radical (unpaired) electrons. The Kier molecular flexibility index (Phi) is 8.84. The van der Waals surface area contributed by atoms with Gasteiger partial charge in [-0.1, -0.05) is 56.4 Å². The lowest BCUT2D eigenvalue weighted by atomic mass is 9.79. The highest BCUT2D eigenvalue weighted by Gasteiger charge is 2.28. The van der Waals surface area contributed by atoms with Gasteiger partial charge in [0, 0.05) is 18.5 Å². The van der Waals surface area contributed by atoms with Crippen LogP contribution in [0, 0.1) is 5.92 Å². The van der Waals surface area contributed by atoms with E-state index in [0.29, 0.717) is 12.0 Å². The van der Waals surface area contributed by atoms with Crippen molar-refractivity contribution in [3.05, 3.63) is 60.8 Å². The predicted molar refractivity (Wildman–Crippen MR) is 100 cm³/mol. The fourth-order valence-corrected chi connectivity index (χ4v) is 3.02. The number of nitrogens with one attached hydrogen (secondary N) is 1. The number of hydrogen-bond donors (Lipinski definition) is 1. The molecule has 0 spiro atoms. The highest BCUT2D eigenvalue weighted by Crippen LogP contribution is 2.32. The highest BCUT2D eigenvalue weighted by molar-refractivity contribution is 5.38. The molecule has 2 unspecified atom stereocenters. The molecular formula is C21H33N. The Hall–Kier alpha value is -1.34. The van der Waals surface area contributed by atoms with Crippen LogP contribution < -0.4 is 5.32 Å². The van der Waals surface area contributed by atoms with Crippen molar-refractivity contribution < 1.29 is 0 Å². The monoisotopic (exact) mass is 299 g/mol. The molecule has 0 aliphatic carbocycles. The molecule has 1 aliphatic heterocycles.